The average molecular weight is 517 g/mol. The summed E-state index contributed by atoms with van der Waals surface area (Å²) in [6.45, 7) is 7.03. The number of pyridine rings is 1. The largest absolute Gasteiger partial charge is 0.465 e. The Bertz CT molecular complexity index is 1070. The summed E-state index contributed by atoms with van der Waals surface area (Å²) < 4.78 is 10.1. The van der Waals surface area contributed by atoms with Crippen molar-refractivity contribution in [1.29, 1.82) is 0 Å². The van der Waals surface area contributed by atoms with E-state index in [2.05, 4.69) is 21.9 Å². The van der Waals surface area contributed by atoms with Gasteiger partial charge < -0.3 is 14.5 Å². The smallest absolute Gasteiger partial charge is 0.320 e. The fourth-order valence-electron chi connectivity index (χ4n) is 3.46. The second kappa shape index (κ2) is 14.1. The number of ether oxygens (including phenoxy) is 2. The molecule has 3 aromatic rings. The average Bonchev–Trinajstić information content (AvgIpc) is 3.25. The first-order valence-corrected chi connectivity index (χ1v) is 13.7. The van der Waals surface area contributed by atoms with Gasteiger partial charge in [0.15, 0.2) is 5.16 Å². The minimum atomic E-state index is -0.332. The number of thioether (sulfide) groups is 2. The third kappa shape index (κ3) is 8.55. The van der Waals surface area contributed by atoms with Crippen LogP contribution < -0.4 is 0 Å². The van der Waals surface area contributed by atoms with E-state index in [0.717, 1.165) is 45.4 Å². The molecule has 10 heteroatoms. The maximum atomic E-state index is 11.9. The van der Waals surface area contributed by atoms with Crippen LogP contribution in [0.25, 0.3) is 11.0 Å². The van der Waals surface area contributed by atoms with Gasteiger partial charge >= 0.3 is 11.9 Å². The van der Waals surface area contributed by atoms with Crippen LogP contribution in [0.15, 0.2) is 46.6 Å². The fraction of sp³-hybridized carbons (Fsp3) is 0.440. The standard InChI is InChI=1S/C25H32N4O4S2/c1-4-32-23(30)15-29(16-24(31)33-5-2)13-8-14-34-22-11-12-26-21(18(22)3)17-35-25-27-19-9-6-7-10-20(19)28-25/h6-7,9-12H,4-5,8,13-17H2,1-3H3,(H,27,28). The molecule has 3 rings (SSSR count). The van der Waals surface area contributed by atoms with Gasteiger partial charge in [-0.2, -0.15) is 0 Å². The molecule has 0 atom stereocenters. The maximum Gasteiger partial charge on any atom is 0.320 e. The van der Waals surface area contributed by atoms with Crippen molar-refractivity contribution in [2.45, 2.75) is 43.0 Å². The number of aromatic amines is 1. The van der Waals surface area contributed by atoms with Crippen molar-refractivity contribution in [2.24, 2.45) is 0 Å². The van der Waals surface area contributed by atoms with Gasteiger partial charge in [0.05, 0.1) is 43.0 Å². The highest BCUT2D eigenvalue weighted by atomic mass is 32.2. The normalized spacial score (nSPS) is 11.2. The molecule has 8 nitrogen and oxygen atoms in total. The van der Waals surface area contributed by atoms with Crippen LogP contribution in [0.2, 0.25) is 0 Å². The van der Waals surface area contributed by atoms with Crippen molar-refractivity contribution in [3.05, 3.63) is 47.8 Å². The zero-order valence-corrected chi connectivity index (χ0v) is 22.0. The van der Waals surface area contributed by atoms with E-state index >= 15 is 0 Å². The number of aromatic nitrogens is 3. The number of nitrogens with zero attached hydrogens (tertiary/aromatic N) is 3. The highest BCUT2D eigenvalue weighted by molar-refractivity contribution is 7.99. The van der Waals surface area contributed by atoms with Gasteiger partial charge in [0.1, 0.15) is 0 Å². The Morgan fingerprint density at radius 1 is 1.03 bits per heavy atom. The van der Waals surface area contributed by atoms with Gasteiger partial charge in [-0.25, -0.2) is 4.98 Å². The molecule has 0 bridgehead atoms. The van der Waals surface area contributed by atoms with Crippen LogP contribution in [-0.2, 0) is 24.8 Å². The van der Waals surface area contributed by atoms with Crippen molar-refractivity contribution < 1.29 is 19.1 Å². The number of para-hydroxylation sites is 2. The lowest BCUT2D eigenvalue weighted by Gasteiger charge is -2.20. The lowest BCUT2D eigenvalue weighted by molar-refractivity contribution is -0.148. The minimum absolute atomic E-state index is 0.0781. The van der Waals surface area contributed by atoms with Crippen LogP contribution in [0.4, 0.5) is 0 Å². The summed E-state index contributed by atoms with van der Waals surface area (Å²) in [5.74, 6) is 0.915. The number of fused-ring (bicyclic) bond motifs is 1. The van der Waals surface area contributed by atoms with Crippen molar-refractivity contribution in [3.63, 3.8) is 0 Å². The summed E-state index contributed by atoms with van der Waals surface area (Å²) in [6, 6.07) is 10.0. The van der Waals surface area contributed by atoms with Crippen molar-refractivity contribution in [1.82, 2.24) is 19.9 Å². The summed E-state index contributed by atoms with van der Waals surface area (Å²) in [5, 5.41) is 0.883. The van der Waals surface area contributed by atoms with E-state index in [0.29, 0.717) is 19.8 Å². The Labute approximate surface area is 214 Å². The number of H-pyrrole nitrogens is 1. The number of hydrogen-bond acceptors (Lipinski definition) is 9. The van der Waals surface area contributed by atoms with Crippen molar-refractivity contribution in [2.75, 3.05) is 38.6 Å². The van der Waals surface area contributed by atoms with E-state index in [-0.39, 0.29) is 25.0 Å². The van der Waals surface area contributed by atoms with Crippen LogP contribution in [0.1, 0.15) is 31.5 Å². The van der Waals surface area contributed by atoms with E-state index in [4.69, 9.17) is 9.47 Å². The first-order chi connectivity index (χ1) is 17.0. The Morgan fingerprint density at radius 3 is 2.43 bits per heavy atom. The molecule has 0 fully saturated rings. The number of imidazole rings is 1. The molecular weight excluding hydrogens is 484 g/mol. The molecule has 0 saturated carbocycles. The number of rotatable bonds is 14. The lowest BCUT2D eigenvalue weighted by atomic mass is 10.2. The molecule has 1 N–H and O–H groups in total. The quantitative estimate of drug-likeness (QED) is 0.189. The third-order valence-corrected chi connectivity index (χ3v) is 7.29. The molecule has 0 amide bonds. The molecule has 0 aliphatic heterocycles. The fourth-order valence-corrected chi connectivity index (χ4v) is 5.35. The van der Waals surface area contributed by atoms with Crippen LogP contribution in [0.3, 0.4) is 0 Å². The van der Waals surface area contributed by atoms with Crippen LogP contribution in [-0.4, -0.2) is 70.4 Å². The highest BCUT2D eigenvalue weighted by Gasteiger charge is 2.16. The molecule has 0 saturated heterocycles. The van der Waals surface area contributed by atoms with Gasteiger partial charge in [-0.15, -0.1) is 11.8 Å². The van der Waals surface area contributed by atoms with Crippen LogP contribution in [0, 0.1) is 6.92 Å². The molecular formula is C25H32N4O4S2. The summed E-state index contributed by atoms with van der Waals surface area (Å²) in [7, 11) is 0. The predicted octanol–water partition coefficient (Wildman–Crippen LogP) is 4.47. The Hall–Kier alpha value is -2.56. The molecule has 35 heavy (non-hydrogen) atoms. The third-order valence-electron chi connectivity index (χ3n) is 5.16. The molecule has 0 spiro atoms. The zero-order chi connectivity index (χ0) is 25.0. The number of esters is 2. The van der Waals surface area contributed by atoms with Crippen molar-refractivity contribution in [3.8, 4) is 0 Å². The molecule has 2 aromatic heterocycles. The molecule has 2 heterocycles. The van der Waals surface area contributed by atoms with Gasteiger partial charge in [0.2, 0.25) is 0 Å². The molecule has 188 valence electrons. The first-order valence-electron chi connectivity index (χ1n) is 11.7. The highest BCUT2D eigenvalue weighted by Crippen LogP contribution is 2.28. The van der Waals surface area contributed by atoms with Gasteiger partial charge in [0, 0.05) is 23.4 Å². The molecule has 0 radical (unpaired) electrons. The van der Waals surface area contributed by atoms with Gasteiger partial charge in [-0.05, 0) is 56.7 Å². The van der Waals surface area contributed by atoms with Crippen LogP contribution in [0.5, 0.6) is 0 Å². The minimum Gasteiger partial charge on any atom is -0.465 e. The Kier molecular flexibility index (Phi) is 10.9. The van der Waals surface area contributed by atoms with Crippen LogP contribution >= 0.6 is 23.5 Å². The Morgan fingerprint density at radius 2 is 1.74 bits per heavy atom. The van der Waals surface area contributed by atoms with E-state index in [1.807, 2.05) is 36.5 Å². The van der Waals surface area contributed by atoms with E-state index in [1.165, 1.54) is 4.90 Å². The lowest BCUT2D eigenvalue weighted by Crippen LogP contribution is -2.37. The number of carbonyl (C=O) groups is 2. The second-order valence-electron chi connectivity index (χ2n) is 7.75. The number of benzene rings is 1. The van der Waals surface area contributed by atoms with E-state index in [1.54, 1.807) is 42.3 Å². The molecule has 0 aliphatic rings. The SMILES string of the molecule is CCOC(=O)CN(CCCSc1ccnc(CSc2nc3ccccc3[nH]2)c1C)CC(=O)OCC. The van der Waals surface area contributed by atoms with Gasteiger partial charge in [0.25, 0.3) is 0 Å². The second-order valence-corrected chi connectivity index (χ2v) is 9.85. The summed E-state index contributed by atoms with van der Waals surface area (Å²) in [4.78, 5) is 39.3. The zero-order valence-electron chi connectivity index (χ0n) is 20.4. The first kappa shape index (κ1) is 27.0. The maximum absolute atomic E-state index is 11.9. The summed E-state index contributed by atoms with van der Waals surface area (Å²) >= 11 is 3.40. The molecule has 1 aromatic carbocycles. The topological polar surface area (TPSA) is 97.4 Å². The molecule has 0 unspecified atom stereocenters. The summed E-state index contributed by atoms with van der Waals surface area (Å²) in [5.41, 5.74) is 4.19. The van der Waals surface area contributed by atoms with E-state index < -0.39 is 0 Å². The molecule has 0 aliphatic carbocycles. The van der Waals surface area contributed by atoms with E-state index in [9.17, 15) is 9.59 Å². The predicted molar refractivity (Wildman–Crippen MR) is 140 cm³/mol. The number of hydrogen-bond donors (Lipinski definition) is 1. The number of carbonyl (C=O) groups excluding carboxylic acids is 2. The monoisotopic (exact) mass is 516 g/mol. The summed E-state index contributed by atoms with van der Waals surface area (Å²) in [6.07, 6.45) is 2.66. The Balaban J connectivity index is 1.51. The van der Waals surface area contributed by atoms with Gasteiger partial charge in [-0.1, -0.05) is 23.9 Å². The van der Waals surface area contributed by atoms with Crippen molar-refractivity contribution >= 4 is 46.5 Å². The van der Waals surface area contributed by atoms with Gasteiger partial charge in [-0.3, -0.25) is 19.5 Å². The number of nitrogens with one attached hydrogen (secondary N) is 1.